The number of thiophene rings is 1. The highest BCUT2D eigenvalue weighted by molar-refractivity contribution is 7.99. The predicted octanol–water partition coefficient (Wildman–Crippen LogP) is 1.93. The number of nitrogens with one attached hydrogen (secondary N) is 1. The third kappa shape index (κ3) is 4.57. The van der Waals surface area contributed by atoms with Gasteiger partial charge in [-0.2, -0.15) is 11.8 Å². The molecule has 0 radical (unpaired) electrons. The van der Waals surface area contributed by atoms with Gasteiger partial charge in [0.25, 0.3) is 5.91 Å². The molecule has 5 heteroatoms. The molecule has 0 bridgehead atoms. The van der Waals surface area contributed by atoms with Crippen LogP contribution >= 0.6 is 23.1 Å². The van der Waals surface area contributed by atoms with E-state index in [0.29, 0.717) is 18.0 Å². The van der Waals surface area contributed by atoms with Gasteiger partial charge in [0.2, 0.25) is 0 Å². The van der Waals surface area contributed by atoms with Crippen LogP contribution < -0.4 is 11.1 Å². The number of nitrogens with two attached hydrogens (primary N) is 1. The number of hydrogen-bond donors (Lipinski definition) is 2. The second-order valence-corrected chi connectivity index (χ2v) is 6.61. The number of rotatable bonds is 3. The molecule has 102 valence electrons. The van der Waals surface area contributed by atoms with Crippen molar-refractivity contribution in [2.24, 2.45) is 11.7 Å². The van der Waals surface area contributed by atoms with Gasteiger partial charge in [-0.15, -0.1) is 11.3 Å². The van der Waals surface area contributed by atoms with Gasteiger partial charge in [0, 0.05) is 11.9 Å². The summed E-state index contributed by atoms with van der Waals surface area (Å²) in [5.41, 5.74) is 6.03. The van der Waals surface area contributed by atoms with Gasteiger partial charge in [-0.3, -0.25) is 4.79 Å². The van der Waals surface area contributed by atoms with E-state index in [0.717, 1.165) is 11.4 Å². The van der Waals surface area contributed by atoms with Gasteiger partial charge in [-0.05, 0) is 36.3 Å². The van der Waals surface area contributed by atoms with Gasteiger partial charge in [0.1, 0.15) is 0 Å². The Morgan fingerprint density at radius 3 is 3.00 bits per heavy atom. The standard InChI is InChI=1S/C14H18N2OS2/c15-5-1-2-13-8-12(10-19-13)14(17)16-9-11-3-6-18-7-4-11/h8,10-11H,3-7,9,15H2,(H,16,17). The van der Waals surface area contributed by atoms with E-state index in [9.17, 15) is 4.79 Å². The van der Waals surface area contributed by atoms with Crippen LogP contribution in [0.2, 0.25) is 0 Å². The number of carbonyl (C=O) groups excluding carboxylic acids is 1. The number of carbonyl (C=O) groups is 1. The second-order valence-electron chi connectivity index (χ2n) is 4.47. The molecule has 0 atom stereocenters. The van der Waals surface area contributed by atoms with Crippen molar-refractivity contribution in [1.82, 2.24) is 5.32 Å². The first kappa shape index (κ1) is 14.4. The van der Waals surface area contributed by atoms with Gasteiger partial charge >= 0.3 is 0 Å². The van der Waals surface area contributed by atoms with Crippen LogP contribution in [-0.4, -0.2) is 30.5 Å². The monoisotopic (exact) mass is 294 g/mol. The summed E-state index contributed by atoms with van der Waals surface area (Å²) in [4.78, 5) is 12.9. The summed E-state index contributed by atoms with van der Waals surface area (Å²) in [7, 11) is 0. The molecule has 0 aromatic carbocycles. The molecule has 0 unspecified atom stereocenters. The maximum atomic E-state index is 12.0. The van der Waals surface area contributed by atoms with Crippen molar-refractivity contribution in [3.05, 3.63) is 21.9 Å². The number of hydrogen-bond acceptors (Lipinski definition) is 4. The van der Waals surface area contributed by atoms with Crippen molar-refractivity contribution < 1.29 is 4.79 Å². The highest BCUT2D eigenvalue weighted by Crippen LogP contribution is 2.22. The molecule has 3 nitrogen and oxygen atoms in total. The summed E-state index contributed by atoms with van der Waals surface area (Å²) >= 11 is 3.49. The fraction of sp³-hybridized carbons (Fsp3) is 0.500. The van der Waals surface area contributed by atoms with Crippen LogP contribution in [0, 0.1) is 17.8 Å². The molecule has 0 saturated carbocycles. The Bertz CT molecular complexity index is 481. The van der Waals surface area contributed by atoms with E-state index in [1.54, 1.807) is 0 Å². The highest BCUT2D eigenvalue weighted by atomic mass is 32.2. The summed E-state index contributed by atoms with van der Waals surface area (Å²) in [6.45, 7) is 1.14. The molecule has 0 spiro atoms. The summed E-state index contributed by atoms with van der Waals surface area (Å²) in [6.07, 6.45) is 2.42. The van der Waals surface area contributed by atoms with E-state index in [2.05, 4.69) is 17.2 Å². The predicted molar refractivity (Wildman–Crippen MR) is 82.6 cm³/mol. The van der Waals surface area contributed by atoms with E-state index in [1.807, 2.05) is 23.2 Å². The topological polar surface area (TPSA) is 55.1 Å². The van der Waals surface area contributed by atoms with E-state index in [4.69, 9.17) is 5.73 Å². The lowest BCUT2D eigenvalue weighted by Gasteiger charge is -2.21. The van der Waals surface area contributed by atoms with Gasteiger partial charge in [-0.25, -0.2) is 0 Å². The Morgan fingerprint density at radius 1 is 1.47 bits per heavy atom. The van der Waals surface area contributed by atoms with Crippen LogP contribution in [0.1, 0.15) is 28.1 Å². The van der Waals surface area contributed by atoms with Crippen LogP contribution in [0.4, 0.5) is 0 Å². The minimum absolute atomic E-state index is 0.00951. The Balaban J connectivity index is 1.83. The molecular weight excluding hydrogens is 276 g/mol. The van der Waals surface area contributed by atoms with Crippen molar-refractivity contribution in [3.63, 3.8) is 0 Å². The molecule has 19 heavy (non-hydrogen) atoms. The van der Waals surface area contributed by atoms with E-state index >= 15 is 0 Å². The third-order valence-electron chi connectivity index (χ3n) is 3.07. The smallest absolute Gasteiger partial charge is 0.252 e. The summed E-state index contributed by atoms with van der Waals surface area (Å²) in [5.74, 6) is 8.83. The van der Waals surface area contributed by atoms with Crippen LogP contribution in [-0.2, 0) is 0 Å². The van der Waals surface area contributed by atoms with Gasteiger partial charge in [0.15, 0.2) is 0 Å². The molecule has 1 amide bonds. The molecule has 3 N–H and O–H groups in total. The van der Waals surface area contributed by atoms with Crippen molar-refractivity contribution >= 4 is 29.0 Å². The SMILES string of the molecule is NCC#Cc1cc(C(=O)NCC2CCSCC2)cs1. The lowest BCUT2D eigenvalue weighted by atomic mass is 10.0. The maximum absolute atomic E-state index is 12.0. The third-order valence-corrected chi connectivity index (χ3v) is 4.96. The summed E-state index contributed by atoms with van der Waals surface area (Å²) < 4.78 is 0. The Hall–Kier alpha value is -0.960. The van der Waals surface area contributed by atoms with Crippen molar-refractivity contribution in [2.75, 3.05) is 24.6 Å². The van der Waals surface area contributed by atoms with E-state index in [-0.39, 0.29) is 5.91 Å². The molecule has 1 saturated heterocycles. The fourth-order valence-electron chi connectivity index (χ4n) is 1.95. The quantitative estimate of drug-likeness (QED) is 0.838. The fourth-order valence-corrected chi connectivity index (χ4v) is 3.91. The lowest BCUT2D eigenvalue weighted by molar-refractivity contribution is 0.0947. The van der Waals surface area contributed by atoms with Crippen LogP contribution in [0.3, 0.4) is 0 Å². The molecular formula is C14H18N2OS2. The zero-order valence-electron chi connectivity index (χ0n) is 10.8. The number of thioether (sulfide) groups is 1. The molecule has 1 fully saturated rings. The van der Waals surface area contributed by atoms with Crippen LogP contribution in [0.5, 0.6) is 0 Å². The van der Waals surface area contributed by atoms with Gasteiger partial charge in [-0.1, -0.05) is 11.8 Å². The molecule has 1 aromatic heterocycles. The highest BCUT2D eigenvalue weighted by Gasteiger charge is 2.15. The molecule has 0 aliphatic carbocycles. The Morgan fingerprint density at radius 2 is 2.26 bits per heavy atom. The number of amides is 1. The average Bonchev–Trinajstić information content (AvgIpc) is 2.92. The first-order valence-corrected chi connectivity index (χ1v) is 8.46. The summed E-state index contributed by atoms with van der Waals surface area (Å²) in [5, 5.41) is 4.88. The maximum Gasteiger partial charge on any atom is 0.252 e. The Labute approximate surface area is 122 Å². The minimum atomic E-state index is 0.00951. The average molecular weight is 294 g/mol. The molecule has 2 heterocycles. The molecule has 1 aromatic rings. The van der Waals surface area contributed by atoms with E-state index in [1.165, 1.54) is 35.7 Å². The molecule has 1 aliphatic rings. The first-order chi connectivity index (χ1) is 9.29. The first-order valence-electron chi connectivity index (χ1n) is 6.43. The Kier molecular flexibility index (Phi) is 5.77. The normalized spacial score (nSPS) is 15.6. The van der Waals surface area contributed by atoms with Crippen LogP contribution in [0.15, 0.2) is 11.4 Å². The largest absolute Gasteiger partial charge is 0.352 e. The molecule has 2 rings (SSSR count). The van der Waals surface area contributed by atoms with E-state index < -0.39 is 0 Å². The van der Waals surface area contributed by atoms with Gasteiger partial charge in [0.05, 0.1) is 17.0 Å². The molecule has 1 aliphatic heterocycles. The second kappa shape index (κ2) is 7.59. The zero-order chi connectivity index (χ0) is 13.5. The minimum Gasteiger partial charge on any atom is -0.352 e. The van der Waals surface area contributed by atoms with Crippen molar-refractivity contribution in [1.29, 1.82) is 0 Å². The lowest BCUT2D eigenvalue weighted by Crippen LogP contribution is -2.30. The van der Waals surface area contributed by atoms with Crippen molar-refractivity contribution in [2.45, 2.75) is 12.8 Å². The van der Waals surface area contributed by atoms with Gasteiger partial charge < -0.3 is 11.1 Å². The summed E-state index contributed by atoms with van der Waals surface area (Å²) in [6, 6.07) is 1.83. The van der Waals surface area contributed by atoms with Crippen molar-refractivity contribution in [3.8, 4) is 11.8 Å². The van der Waals surface area contributed by atoms with Crippen LogP contribution in [0.25, 0.3) is 0 Å². The zero-order valence-corrected chi connectivity index (χ0v) is 12.4.